The zero-order valence-electron chi connectivity index (χ0n) is 12.3. The summed E-state index contributed by atoms with van der Waals surface area (Å²) < 4.78 is 0. The number of hydrogen-bond acceptors (Lipinski definition) is 2. The summed E-state index contributed by atoms with van der Waals surface area (Å²) in [5.74, 6) is 0. The smallest absolute Gasteiger partial charge is 0.0721 e. The third kappa shape index (κ3) is 2.60. The Morgan fingerprint density at radius 1 is 0.889 bits per heavy atom. The van der Waals surface area contributed by atoms with Crippen LogP contribution < -0.4 is 5.73 Å². The van der Waals surface area contributed by atoms with Gasteiger partial charge in [-0.3, -0.25) is 0 Å². The van der Waals surface area contributed by atoms with E-state index < -0.39 is 5.60 Å². The van der Waals surface area contributed by atoms with Crippen LogP contribution in [0, 0.1) is 10.8 Å². The van der Waals surface area contributed by atoms with Gasteiger partial charge in [0.15, 0.2) is 0 Å². The van der Waals surface area contributed by atoms with Crippen LogP contribution in [-0.2, 0) is 0 Å². The van der Waals surface area contributed by atoms with Crippen LogP contribution in [0.3, 0.4) is 0 Å². The quantitative estimate of drug-likeness (QED) is 0.789. The van der Waals surface area contributed by atoms with Gasteiger partial charge in [0.2, 0.25) is 0 Å². The number of nitrogens with two attached hydrogens (primary N) is 1. The van der Waals surface area contributed by atoms with Gasteiger partial charge in [0.25, 0.3) is 0 Å². The number of aliphatic hydroxyl groups is 1. The molecule has 1 atom stereocenters. The minimum atomic E-state index is -0.497. The van der Waals surface area contributed by atoms with Crippen molar-refractivity contribution in [3.8, 4) is 0 Å². The summed E-state index contributed by atoms with van der Waals surface area (Å²) in [4.78, 5) is 0. The molecule has 2 rings (SSSR count). The standard InChI is InChI=1S/C16H31NO/c1-14(2)10-11-16(18,12-14)15(13-17)8-6-4-3-5-7-9-15/h18H,3-13,17H2,1-2H3. The lowest BCUT2D eigenvalue weighted by Crippen LogP contribution is -2.52. The average molecular weight is 253 g/mol. The minimum Gasteiger partial charge on any atom is -0.389 e. The van der Waals surface area contributed by atoms with E-state index in [9.17, 15) is 5.11 Å². The van der Waals surface area contributed by atoms with Crippen LogP contribution in [0.1, 0.15) is 78.1 Å². The highest BCUT2D eigenvalue weighted by Crippen LogP contribution is 2.55. The predicted molar refractivity (Wildman–Crippen MR) is 76.4 cm³/mol. The van der Waals surface area contributed by atoms with Crippen LogP contribution in [0.15, 0.2) is 0 Å². The van der Waals surface area contributed by atoms with Gasteiger partial charge in [-0.1, -0.05) is 46.0 Å². The Morgan fingerprint density at radius 2 is 1.44 bits per heavy atom. The fourth-order valence-electron chi connectivity index (χ4n) is 4.41. The molecule has 0 aromatic rings. The van der Waals surface area contributed by atoms with E-state index in [0.717, 1.165) is 32.1 Å². The first-order chi connectivity index (χ1) is 8.43. The summed E-state index contributed by atoms with van der Waals surface area (Å²) in [6.07, 6.45) is 11.8. The normalized spacial score (nSPS) is 36.0. The Balaban J connectivity index is 2.19. The van der Waals surface area contributed by atoms with Crippen molar-refractivity contribution in [1.82, 2.24) is 0 Å². The number of hydrogen-bond donors (Lipinski definition) is 2. The third-order valence-corrected chi connectivity index (χ3v) is 5.67. The zero-order valence-corrected chi connectivity index (χ0v) is 12.3. The third-order valence-electron chi connectivity index (χ3n) is 5.67. The summed E-state index contributed by atoms with van der Waals surface area (Å²) in [5.41, 5.74) is 5.95. The van der Waals surface area contributed by atoms with E-state index in [2.05, 4.69) is 13.8 Å². The van der Waals surface area contributed by atoms with E-state index in [1.54, 1.807) is 0 Å². The van der Waals surface area contributed by atoms with E-state index in [1.807, 2.05) is 0 Å². The first-order valence-electron chi connectivity index (χ1n) is 7.86. The molecule has 2 saturated carbocycles. The molecule has 0 amide bonds. The minimum absolute atomic E-state index is 0.00118. The molecule has 2 aliphatic carbocycles. The lowest BCUT2D eigenvalue weighted by molar-refractivity contribution is -0.0946. The molecule has 1 unspecified atom stereocenters. The van der Waals surface area contributed by atoms with Gasteiger partial charge < -0.3 is 10.8 Å². The maximum Gasteiger partial charge on any atom is 0.0721 e. The zero-order chi connectivity index (χ0) is 13.3. The molecular weight excluding hydrogens is 222 g/mol. The van der Waals surface area contributed by atoms with Crippen molar-refractivity contribution in [3.05, 3.63) is 0 Å². The lowest BCUT2D eigenvalue weighted by Gasteiger charge is -2.47. The summed E-state index contributed by atoms with van der Waals surface area (Å²) >= 11 is 0. The molecular formula is C16H31NO. The summed E-state index contributed by atoms with van der Waals surface area (Å²) in [6, 6.07) is 0. The molecule has 106 valence electrons. The van der Waals surface area contributed by atoms with Crippen LogP contribution in [0.2, 0.25) is 0 Å². The van der Waals surface area contributed by atoms with Gasteiger partial charge in [-0.25, -0.2) is 0 Å². The van der Waals surface area contributed by atoms with Crippen molar-refractivity contribution in [1.29, 1.82) is 0 Å². The summed E-state index contributed by atoms with van der Waals surface area (Å²) in [6.45, 7) is 5.25. The lowest BCUT2D eigenvalue weighted by atomic mass is 9.63. The Kier molecular flexibility index (Phi) is 4.08. The fourth-order valence-corrected chi connectivity index (χ4v) is 4.41. The Hall–Kier alpha value is -0.0800. The highest BCUT2D eigenvalue weighted by Gasteiger charge is 2.54. The maximum absolute atomic E-state index is 11.2. The van der Waals surface area contributed by atoms with Crippen LogP contribution in [0.5, 0.6) is 0 Å². The molecule has 18 heavy (non-hydrogen) atoms. The molecule has 2 fully saturated rings. The first-order valence-corrected chi connectivity index (χ1v) is 7.86. The van der Waals surface area contributed by atoms with Gasteiger partial charge in [0.05, 0.1) is 5.60 Å². The van der Waals surface area contributed by atoms with Crippen molar-refractivity contribution < 1.29 is 5.11 Å². The molecule has 3 N–H and O–H groups in total. The molecule has 0 aromatic carbocycles. The van der Waals surface area contributed by atoms with E-state index in [1.165, 1.54) is 32.1 Å². The van der Waals surface area contributed by atoms with E-state index >= 15 is 0 Å². The second-order valence-corrected chi connectivity index (χ2v) is 7.62. The first kappa shape index (κ1) is 14.3. The Bertz CT molecular complexity index is 279. The van der Waals surface area contributed by atoms with Crippen LogP contribution in [0.4, 0.5) is 0 Å². The van der Waals surface area contributed by atoms with Gasteiger partial charge >= 0.3 is 0 Å². The van der Waals surface area contributed by atoms with Crippen LogP contribution in [-0.4, -0.2) is 17.3 Å². The van der Waals surface area contributed by atoms with Gasteiger partial charge in [-0.15, -0.1) is 0 Å². The maximum atomic E-state index is 11.2. The SMILES string of the molecule is CC1(C)CCC(O)(C2(CN)CCCCCCC2)C1. The van der Waals surface area contributed by atoms with E-state index in [4.69, 9.17) is 5.73 Å². The average Bonchev–Trinajstić information content (AvgIpc) is 2.55. The molecule has 0 saturated heterocycles. The van der Waals surface area contributed by atoms with Crippen molar-refractivity contribution in [2.75, 3.05) is 6.54 Å². The highest BCUT2D eigenvalue weighted by molar-refractivity contribution is 5.06. The van der Waals surface area contributed by atoms with E-state index in [0.29, 0.717) is 12.0 Å². The molecule has 2 aliphatic rings. The number of rotatable bonds is 2. The van der Waals surface area contributed by atoms with E-state index in [-0.39, 0.29) is 5.41 Å². The second-order valence-electron chi connectivity index (χ2n) is 7.62. The van der Waals surface area contributed by atoms with Gasteiger partial charge in [0.1, 0.15) is 0 Å². The van der Waals surface area contributed by atoms with Crippen LogP contribution >= 0.6 is 0 Å². The van der Waals surface area contributed by atoms with Gasteiger partial charge in [-0.2, -0.15) is 0 Å². The highest BCUT2D eigenvalue weighted by atomic mass is 16.3. The molecule has 2 nitrogen and oxygen atoms in total. The molecule has 0 aliphatic heterocycles. The molecule has 0 radical (unpaired) electrons. The molecule has 0 spiro atoms. The Labute approximate surface area is 112 Å². The summed E-state index contributed by atoms with van der Waals surface area (Å²) in [7, 11) is 0. The van der Waals surface area contributed by atoms with Crippen molar-refractivity contribution >= 4 is 0 Å². The molecule has 0 heterocycles. The second kappa shape index (κ2) is 5.13. The topological polar surface area (TPSA) is 46.2 Å². The summed E-state index contributed by atoms with van der Waals surface area (Å²) in [5, 5.41) is 11.2. The largest absolute Gasteiger partial charge is 0.389 e. The molecule has 2 heteroatoms. The molecule has 0 aromatic heterocycles. The van der Waals surface area contributed by atoms with Gasteiger partial charge in [-0.05, 0) is 37.5 Å². The van der Waals surface area contributed by atoms with Gasteiger partial charge in [0, 0.05) is 12.0 Å². The molecule has 0 bridgehead atoms. The van der Waals surface area contributed by atoms with Crippen molar-refractivity contribution in [2.24, 2.45) is 16.6 Å². The monoisotopic (exact) mass is 253 g/mol. The van der Waals surface area contributed by atoms with Crippen molar-refractivity contribution in [3.63, 3.8) is 0 Å². The van der Waals surface area contributed by atoms with Crippen molar-refractivity contribution in [2.45, 2.75) is 83.7 Å². The fraction of sp³-hybridized carbons (Fsp3) is 1.00. The Morgan fingerprint density at radius 3 is 1.89 bits per heavy atom. The predicted octanol–water partition coefficient (Wildman–Crippen LogP) is 3.62. The van der Waals surface area contributed by atoms with Crippen LogP contribution in [0.25, 0.3) is 0 Å².